The van der Waals surface area contributed by atoms with E-state index in [4.69, 9.17) is 17.0 Å². The van der Waals surface area contributed by atoms with E-state index in [0.29, 0.717) is 39.3 Å². The number of thiocarbonyl (C=S) groups is 1. The molecule has 0 saturated heterocycles. The smallest absolute Gasteiger partial charge is 0.337 e. The number of benzene rings is 2. The summed E-state index contributed by atoms with van der Waals surface area (Å²) < 4.78 is 5.22. The van der Waals surface area contributed by atoms with Crippen molar-refractivity contribution in [2.75, 3.05) is 13.2 Å². The second kappa shape index (κ2) is 7.87. The summed E-state index contributed by atoms with van der Waals surface area (Å²) in [6.07, 6.45) is 0.524. The third-order valence-corrected chi connectivity index (χ3v) is 5.53. The maximum Gasteiger partial charge on any atom is 0.337 e. The lowest BCUT2D eigenvalue weighted by molar-refractivity contribution is -0.139. The van der Waals surface area contributed by atoms with Gasteiger partial charge in [0.15, 0.2) is 5.11 Å². The topological polar surface area (TPSA) is 87.7 Å². The summed E-state index contributed by atoms with van der Waals surface area (Å²) in [5, 5.41) is 7.85. The van der Waals surface area contributed by atoms with E-state index in [1.54, 1.807) is 31.2 Å². The molecule has 0 aliphatic carbocycles. The summed E-state index contributed by atoms with van der Waals surface area (Å²) in [6.45, 7) is 3.79. The first-order valence-corrected chi connectivity index (χ1v) is 10.2. The van der Waals surface area contributed by atoms with E-state index in [-0.39, 0.29) is 13.2 Å². The number of nitrogens with zero attached hydrogens (tertiary/aromatic N) is 1. The molecule has 0 spiro atoms. The van der Waals surface area contributed by atoms with Crippen molar-refractivity contribution in [1.29, 1.82) is 0 Å². The first-order valence-electron chi connectivity index (χ1n) is 9.81. The maximum atomic E-state index is 13.2. The van der Waals surface area contributed by atoms with Gasteiger partial charge < -0.3 is 15.4 Å². The van der Waals surface area contributed by atoms with Gasteiger partial charge in [-0.3, -0.25) is 14.5 Å². The van der Waals surface area contributed by atoms with Crippen molar-refractivity contribution in [3.63, 3.8) is 0 Å². The average Bonchev–Trinajstić information content (AvgIpc) is 2.74. The number of hydrogen-bond acceptors (Lipinski definition) is 5. The van der Waals surface area contributed by atoms with Crippen LogP contribution in [-0.2, 0) is 9.53 Å². The van der Waals surface area contributed by atoms with Gasteiger partial charge in [0.25, 0.3) is 11.8 Å². The molecule has 1 unspecified atom stereocenters. The number of allylic oxidation sites excluding steroid dienone is 1. The highest BCUT2D eigenvalue weighted by atomic mass is 32.1. The molecule has 30 heavy (non-hydrogen) atoms. The quantitative estimate of drug-likeness (QED) is 0.434. The molecule has 2 aromatic rings. The van der Waals surface area contributed by atoms with E-state index in [1.807, 2.05) is 19.1 Å². The van der Waals surface area contributed by atoms with Crippen LogP contribution < -0.4 is 10.6 Å². The number of rotatable bonds is 5. The van der Waals surface area contributed by atoms with Crippen LogP contribution in [0.3, 0.4) is 0 Å². The molecule has 2 heterocycles. The Morgan fingerprint density at radius 1 is 1.10 bits per heavy atom. The van der Waals surface area contributed by atoms with Crippen molar-refractivity contribution in [2.24, 2.45) is 0 Å². The number of amides is 2. The number of imide groups is 1. The van der Waals surface area contributed by atoms with Gasteiger partial charge in [-0.05, 0) is 43.1 Å². The molecule has 2 aliphatic heterocycles. The molecule has 1 atom stereocenters. The zero-order valence-electron chi connectivity index (χ0n) is 16.7. The van der Waals surface area contributed by atoms with Gasteiger partial charge in [0.05, 0.1) is 24.8 Å². The number of hydrogen-bond donors (Lipinski definition) is 2. The Hall–Kier alpha value is -3.26. The Morgan fingerprint density at radius 2 is 1.73 bits per heavy atom. The maximum absolute atomic E-state index is 13.2. The van der Waals surface area contributed by atoms with E-state index in [1.165, 1.54) is 4.90 Å². The molecule has 0 radical (unpaired) electrons. The Labute approximate surface area is 179 Å². The van der Waals surface area contributed by atoms with Gasteiger partial charge in [-0.2, -0.15) is 0 Å². The third kappa shape index (κ3) is 3.23. The SMILES string of the molecule is CCOC(=O)C1=C(CC)NC(=S)NC1CN1C(=O)c2cccc3cccc(c23)C1=O. The zero-order chi connectivity index (χ0) is 21.4. The molecule has 4 rings (SSSR count). The van der Waals surface area contributed by atoms with E-state index >= 15 is 0 Å². The Kier molecular flexibility index (Phi) is 5.26. The molecule has 7 nitrogen and oxygen atoms in total. The molecular formula is C22H21N3O4S. The fraction of sp³-hybridized carbons (Fsp3) is 0.273. The molecule has 2 N–H and O–H groups in total. The molecule has 8 heteroatoms. The number of ether oxygens (including phenoxy) is 1. The molecule has 2 amide bonds. The molecule has 0 bridgehead atoms. The van der Waals surface area contributed by atoms with Crippen LogP contribution in [-0.4, -0.2) is 47.0 Å². The zero-order valence-corrected chi connectivity index (χ0v) is 17.5. The summed E-state index contributed by atoms with van der Waals surface area (Å²) in [5.74, 6) is -1.28. The number of nitrogens with one attached hydrogen (secondary N) is 2. The van der Waals surface area contributed by atoms with Crippen molar-refractivity contribution >= 4 is 45.9 Å². The van der Waals surface area contributed by atoms with Crippen molar-refractivity contribution in [3.05, 3.63) is 58.8 Å². The van der Waals surface area contributed by atoms with Crippen LogP contribution in [0.1, 0.15) is 41.0 Å². The Balaban J connectivity index is 1.74. The number of esters is 1. The van der Waals surface area contributed by atoms with Gasteiger partial charge in [0.1, 0.15) is 0 Å². The summed E-state index contributed by atoms with van der Waals surface area (Å²) in [7, 11) is 0. The minimum absolute atomic E-state index is 0.0398. The van der Waals surface area contributed by atoms with Crippen LogP contribution in [0.25, 0.3) is 10.8 Å². The van der Waals surface area contributed by atoms with Crippen LogP contribution in [0.2, 0.25) is 0 Å². The van der Waals surface area contributed by atoms with Crippen LogP contribution in [0.15, 0.2) is 47.7 Å². The molecule has 2 aliphatic rings. The minimum Gasteiger partial charge on any atom is -0.463 e. The first kappa shape index (κ1) is 20.0. The molecule has 0 fully saturated rings. The van der Waals surface area contributed by atoms with E-state index in [2.05, 4.69) is 10.6 Å². The summed E-state index contributed by atoms with van der Waals surface area (Å²) in [6, 6.07) is 10.1. The highest BCUT2D eigenvalue weighted by Gasteiger charge is 2.38. The van der Waals surface area contributed by atoms with E-state index in [0.717, 1.165) is 5.39 Å². The van der Waals surface area contributed by atoms with E-state index in [9.17, 15) is 14.4 Å². The summed E-state index contributed by atoms with van der Waals surface area (Å²) in [5.41, 5.74) is 1.92. The summed E-state index contributed by atoms with van der Waals surface area (Å²) >= 11 is 5.27. The van der Waals surface area contributed by atoms with E-state index < -0.39 is 23.8 Å². The predicted molar refractivity (Wildman–Crippen MR) is 116 cm³/mol. The fourth-order valence-electron chi connectivity index (χ4n) is 4.00. The highest BCUT2D eigenvalue weighted by molar-refractivity contribution is 7.80. The minimum atomic E-state index is -0.662. The molecular weight excluding hydrogens is 402 g/mol. The van der Waals surface area contributed by atoms with Crippen LogP contribution in [0, 0.1) is 0 Å². The summed E-state index contributed by atoms with van der Waals surface area (Å²) in [4.78, 5) is 40.3. The lowest BCUT2D eigenvalue weighted by atomic mass is 9.93. The van der Waals surface area contributed by atoms with Crippen LogP contribution >= 0.6 is 12.2 Å². The third-order valence-electron chi connectivity index (χ3n) is 5.31. The highest BCUT2D eigenvalue weighted by Crippen LogP contribution is 2.30. The van der Waals surface area contributed by atoms with Gasteiger partial charge in [0.2, 0.25) is 0 Å². The number of carbonyl (C=O) groups is 3. The second-order valence-corrected chi connectivity index (χ2v) is 7.46. The average molecular weight is 423 g/mol. The first-order chi connectivity index (χ1) is 14.5. The van der Waals surface area contributed by atoms with Crippen molar-refractivity contribution in [2.45, 2.75) is 26.3 Å². The van der Waals surface area contributed by atoms with Gasteiger partial charge in [-0.15, -0.1) is 0 Å². The lowest BCUT2D eigenvalue weighted by Crippen LogP contribution is -2.56. The van der Waals surface area contributed by atoms with Crippen LogP contribution in [0.5, 0.6) is 0 Å². The monoisotopic (exact) mass is 423 g/mol. The van der Waals surface area contributed by atoms with Gasteiger partial charge in [-0.1, -0.05) is 31.2 Å². The second-order valence-electron chi connectivity index (χ2n) is 7.05. The largest absolute Gasteiger partial charge is 0.463 e. The van der Waals surface area contributed by atoms with Crippen molar-refractivity contribution in [3.8, 4) is 0 Å². The molecule has 0 aromatic heterocycles. The number of carbonyl (C=O) groups excluding carboxylic acids is 3. The standard InChI is InChI=1S/C22H21N3O4S/c1-3-15-18(21(28)29-4-2)16(24-22(30)23-15)11-25-19(26)13-9-5-7-12-8-6-10-14(17(12)13)20(25)27/h5-10,16H,3-4,11H2,1-2H3,(H2,23,24,30). The van der Waals surface area contributed by atoms with Crippen LogP contribution in [0.4, 0.5) is 0 Å². The normalized spacial score (nSPS) is 18.4. The van der Waals surface area contributed by atoms with Gasteiger partial charge in [0, 0.05) is 22.2 Å². The van der Waals surface area contributed by atoms with Gasteiger partial charge in [-0.25, -0.2) is 4.79 Å². The molecule has 154 valence electrons. The Bertz CT molecular complexity index is 1070. The van der Waals surface area contributed by atoms with Crippen molar-refractivity contribution in [1.82, 2.24) is 15.5 Å². The van der Waals surface area contributed by atoms with Gasteiger partial charge >= 0.3 is 5.97 Å². The predicted octanol–water partition coefficient (Wildman–Crippen LogP) is 2.51. The lowest BCUT2D eigenvalue weighted by Gasteiger charge is -2.35. The fourth-order valence-corrected chi connectivity index (χ4v) is 4.27. The molecule has 2 aromatic carbocycles. The van der Waals surface area contributed by atoms with Crippen molar-refractivity contribution < 1.29 is 19.1 Å². The Morgan fingerprint density at radius 3 is 2.30 bits per heavy atom. The molecule has 0 saturated carbocycles.